The molecule has 1 aliphatic rings. The van der Waals surface area contributed by atoms with Crippen LogP contribution in [0.5, 0.6) is 0 Å². The molecule has 2 aromatic rings. The minimum atomic E-state index is 0.467. The summed E-state index contributed by atoms with van der Waals surface area (Å²) < 4.78 is 2.37. The molecule has 1 aromatic carbocycles. The van der Waals surface area contributed by atoms with E-state index in [1.807, 2.05) is 18.2 Å². The lowest BCUT2D eigenvalue weighted by Crippen LogP contribution is -2.15. The number of nitrogens with two attached hydrogens (primary N) is 1. The van der Waals surface area contributed by atoms with Gasteiger partial charge in [-0.25, -0.2) is 4.98 Å². The minimum absolute atomic E-state index is 0.467. The van der Waals surface area contributed by atoms with Crippen LogP contribution in [-0.2, 0) is 6.42 Å². The van der Waals surface area contributed by atoms with Gasteiger partial charge in [0.15, 0.2) is 0 Å². The maximum Gasteiger partial charge on any atom is 0.110 e. The summed E-state index contributed by atoms with van der Waals surface area (Å²) in [6.07, 6.45) is 3.45. The molecule has 2 N–H and O–H groups in total. The summed E-state index contributed by atoms with van der Waals surface area (Å²) in [5.41, 5.74) is 7.94. The number of halogens is 1. The normalized spacial score (nSPS) is 17.3. The summed E-state index contributed by atoms with van der Waals surface area (Å²) in [7, 11) is 0. The number of nitrogens with zero attached hydrogens (tertiary/aromatic N) is 2. The van der Waals surface area contributed by atoms with Crippen LogP contribution < -0.4 is 5.73 Å². The monoisotopic (exact) mass is 263 g/mol. The average Bonchev–Trinajstić information content (AvgIpc) is 3.12. The molecule has 3 nitrogen and oxygen atoms in total. The van der Waals surface area contributed by atoms with Crippen LogP contribution in [0.1, 0.15) is 31.6 Å². The molecule has 0 spiro atoms. The second-order valence-corrected chi connectivity index (χ2v) is 5.74. The van der Waals surface area contributed by atoms with E-state index in [9.17, 15) is 0 Å². The summed E-state index contributed by atoms with van der Waals surface area (Å²) in [6.45, 7) is 2.87. The lowest BCUT2D eigenvalue weighted by Gasteiger charge is -2.11. The van der Waals surface area contributed by atoms with Gasteiger partial charge in [0.2, 0.25) is 0 Å². The van der Waals surface area contributed by atoms with Crippen LogP contribution in [0.15, 0.2) is 18.2 Å². The van der Waals surface area contributed by atoms with E-state index < -0.39 is 0 Å². The van der Waals surface area contributed by atoms with Crippen molar-refractivity contribution in [1.29, 1.82) is 0 Å². The van der Waals surface area contributed by atoms with Gasteiger partial charge in [0.05, 0.1) is 11.0 Å². The van der Waals surface area contributed by atoms with Crippen LogP contribution in [0.2, 0.25) is 5.02 Å². The highest BCUT2D eigenvalue weighted by molar-refractivity contribution is 6.31. The smallest absolute Gasteiger partial charge is 0.110 e. The Morgan fingerprint density at radius 2 is 2.28 bits per heavy atom. The molecule has 1 heterocycles. The molecule has 0 bridgehead atoms. The van der Waals surface area contributed by atoms with Gasteiger partial charge in [0.25, 0.3) is 0 Å². The fourth-order valence-electron chi connectivity index (χ4n) is 2.40. The van der Waals surface area contributed by atoms with Gasteiger partial charge in [-0.05, 0) is 43.5 Å². The van der Waals surface area contributed by atoms with Gasteiger partial charge in [-0.1, -0.05) is 18.5 Å². The summed E-state index contributed by atoms with van der Waals surface area (Å²) in [5.74, 6) is 1.63. The summed E-state index contributed by atoms with van der Waals surface area (Å²) >= 11 is 6.10. The van der Waals surface area contributed by atoms with Gasteiger partial charge in [0, 0.05) is 17.5 Å². The number of rotatable bonds is 4. The van der Waals surface area contributed by atoms with Crippen LogP contribution in [0.3, 0.4) is 0 Å². The maximum atomic E-state index is 6.10. The van der Waals surface area contributed by atoms with Gasteiger partial charge in [-0.3, -0.25) is 0 Å². The molecule has 1 saturated carbocycles. The molecule has 1 fully saturated rings. The van der Waals surface area contributed by atoms with Crippen molar-refractivity contribution in [2.75, 3.05) is 6.54 Å². The van der Waals surface area contributed by atoms with E-state index in [4.69, 9.17) is 22.3 Å². The Morgan fingerprint density at radius 3 is 2.94 bits per heavy atom. The number of imidazole rings is 1. The van der Waals surface area contributed by atoms with Crippen molar-refractivity contribution in [1.82, 2.24) is 9.55 Å². The van der Waals surface area contributed by atoms with Crippen molar-refractivity contribution < 1.29 is 0 Å². The number of hydrogen-bond donors (Lipinski definition) is 1. The first kappa shape index (κ1) is 12.0. The van der Waals surface area contributed by atoms with Crippen molar-refractivity contribution in [2.45, 2.75) is 32.2 Å². The Balaban J connectivity index is 2.09. The van der Waals surface area contributed by atoms with Gasteiger partial charge in [0.1, 0.15) is 5.82 Å². The molecular weight excluding hydrogens is 246 g/mol. The lowest BCUT2D eigenvalue weighted by atomic mass is 10.1. The molecule has 0 amide bonds. The fraction of sp³-hybridized carbons (Fsp3) is 0.500. The standard InChI is InChI=1S/C14H18ClN3/c1-9(8-16)6-14-17-12-5-2-10(15)7-13(12)18(14)11-3-4-11/h2,5,7,9,11H,3-4,6,8,16H2,1H3. The molecule has 0 radical (unpaired) electrons. The van der Waals surface area contributed by atoms with E-state index in [0.29, 0.717) is 18.5 Å². The quantitative estimate of drug-likeness (QED) is 0.921. The number of aromatic nitrogens is 2. The second kappa shape index (κ2) is 4.56. The van der Waals surface area contributed by atoms with Crippen LogP contribution in [-0.4, -0.2) is 16.1 Å². The SMILES string of the molecule is CC(CN)Cc1nc2ccc(Cl)cc2n1C1CC1. The molecule has 1 atom stereocenters. The Bertz CT molecular complexity index is 572. The van der Waals surface area contributed by atoms with Crippen molar-refractivity contribution in [2.24, 2.45) is 11.7 Å². The molecule has 0 aliphatic heterocycles. The topological polar surface area (TPSA) is 43.8 Å². The first-order valence-corrected chi connectivity index (χ1v) is 6.93. The number of hydrogen-bond acceptors (Lipinski definition) is 2. The molecule has 96 valence electrons. The zero-order valence-corrected chi connectivity index (χ0v) is 11.3. The molecule has 1 unspecified atom stereocenters. The Labute approximate surface area is 112 Å². The van der Waals surface area contributed by atoms with Crippen LogP contribution >= 0.6 is 11.6 Å². The van der Waals surface area contributed by atoms with Gasteiger partial charge in [-0.15, -0.1) is 0 Å². The molecule has 4 heteroatoms. The zero-order chi connectivity index (χ0) is 12.7. The van der Waals surface area contributed by atoms with Crippen molar-refractivity contribution in [3.63, 3.8) is 0 Å². The third-order valence-corrected chi connectivity index (χ3v) is 3.81. The lowest BCUT2D eigenvalue weighted by molar-refractivity contribution is 0.550. The first-order chi connectivity index (χ1) is 8.69. The zero-order valence-electron chi connectivity index (χ0n) is 10.6. The Hall–Kier alpha value is -1.06. The van der Waals surface area contributed by atoms with Gasteiger partial charge < -0.3 is 10.3 Å². The Morgan fingerprint density at radius 1 is 1.50 bits per heavy atom. The predicted octanol–water partition coefficient (Wildman–Crippen LogP) is 3.16. The van der Waals surface area contributed by atoms with Gasteiger partial charge >= 0.3 is 0 Å². The maximum absolute atomic E-state index is 6.10. The Kier molecular flexibility index (Phi) is 3.04. The predicted molar refractivity (Wildman–Crippen MR) is 74.9 cm³/mol. The van der Waals surface area contributed by atoms with Crippen LogP contribution in [0.25, 0.3) is 11.0 Å². The number of fused-ring (bicyclic) bond motifs is 1. The van der Waals surface area contributed by atoms with Crippen LogP contribution in [0, 0.1) is 5.92 Å². The van der Waals surface area contributed by atoms with E-state index in [0.717, 1.165) is 22.8 Å². The molecule has 18 heavy (non-hydrogen) atoms. The van der Waals surface area contributed by atoms with E-state index in [2.05, 4.69) is 11.5 Å². The highest BCUT2D eigenvalue weighted by atomic mass is 35.5. The fourth-order valence-corrected chi connectivity index (χ4v) is 2.56. The van der Waals surface area contributed by atoms with E-state index in [-0.39, 0.29) is 0 Å². The second-order valence-electron chi connectivity index (χ2n) is 5.31. The van der Waals surface area contributed by atoms with Crippen molar-refractivity contribution in [3.05, 3.63) is 29.0 Å². The molecule has 3 rings (SSSR count). The number of benzene rings is 1. The summed E-state index contributed by atoms with van der Waals surface area (Å²) in [5, 5.41) is 0.780. The highest BCUT2D eigenvalue weighted by Gasteiger charge is 2.28. The summed E-state index contributed by atoms with van der Waals surface area (Å²) in [4.78, 5) is 4.75. The highest BCUT2D eigenvalue weighted by Crippen LogP contribution is 2.39. The molecule has 0 saturated heterocycles. The van der Waals surface area contributed by atoms with E-state index >= 15 is 0 Å². The molecule has 1 aromatic heterocycles. The van der Waals surface area contributed by atoms with E-state index in [1.54, 1.807) is 0 Å². The molecular formula is C14H18ClN3. The van der Waals surface area contributed by atoms with Crippen LogP contribution in [0.4, 0.5) is 0 Å². The van der Waals surface area contributed by atoms with Gasteiger partial charge in [-0.2, -0.15) is 0 Å². The first-order valence-electron chi connectivity index (χ1n) is 6.55. The van der Waals surface area contributed by atoms with Crippen molar-refractivity contribution in [3.8, 4) is 0 Å². The third-order valence-electron chi connectivity index (χ3n) is 3.57. The minimum Gasteiger partial charge on any atom is -0.330 e. The molecule has 1 aliphatic carbocycles. The average molecular weight is 264 g/mol. The largest absolute Gasteiger partial charge is 0.330 e. The van der Waals surface area contributed by atoms with Crippen molar-refractivity contribution >= 4 is 22.6 Å². The third kappa shape index (κ3) is 2.13. The summed E-state index contributed by atoms with van der Waals surface area (Å²) in [6, 6.07) is 6.56. The van der Waals surface area contributed by atoms with E-state index in [1.165, 1.54) is 18.4 Å².